The van der Waals surface area contributed by atoms with Crippen molar-refractivity contribution in [1.29, 1.82) is 0 Å². The SMILES string of the molecule is NCCn1cc(C(=O)N2CCN(C3CCCC3)CC2)nn1. The van der Waals surface area contributed by atoms with E-state index in [0.29, 0.717) is 18.8 Å². The predicted molar refractivity (Wildman–Crippen MR) is 78.8 cm³/mol. The standard InChI is InChI=1S/C14H24N6O/c15-5-6-20-11-13(16-17-20)14(21)19-9-7-18(8-10-19)12-3-1-2-4-12/h11-12H,1-10,15H2. The topological polar surface area (TPSA) is 80.3 Å². The van der Waals surface area contributed by atoms with E-state index in [1.54, 1.807) is 10.9 Å². The third-order valence-corrected chi connectivity index (χ3v) is 4.56. The monoisotopic (exact) mass is 292 g/mol. The number of carbonyl (C=O) groups excluding carboxylic acids is 1. The molecule has 1 aromatic heterocycles. The molecule has 0 radical (unpaired) electrons. The highest BCUT2D eigenvalue weighted by molar-refractivity contribution is 5.92. The lowest BCUT2D eigenvalue weighted by Crippen LogP contribution is -2.51. The van der Waals surface area contributed by atoms with Crippen LogP contribution in [0.15, 0.2) is 6.20 Å². The molecular formula is C14H24N6O. The molecule has 0 unspecified atom stereocenters. The van der Waals surface area contributed by atoms with E-state index in [1.165, 1.54) is 25.7 Å². The lowest BCUT2D eigenvalue weighted by atomic mass is 10.2. The number of hydrogen-bond acceptors (Lipinski definition) is 5. The van der Waals surface area contributed by atoms with Crippen LogP contribution in [0, 0.1) is 0 Å². The molecule has 0 aromatic carbocycles. The summed E-state index contributed by atoms with van der Waals surface area (Å²) in [6.45, 7) is 4.63. The number of rotatable bonds is 4. The van der Waals surface area contributed by atoms with Crippen molar-refractivity contribution in [1.82, 2.24) is 24.8 Å². The number of aromatic nitrogens is 3. The van der Waals surface area contributed by atoms with Gasteiger partial charge in [0.05, 0.1) is 12.7 Å². The quantitative estimate of drug-likeness (QED) is 0.841. The van der Waals surface area contributed by atoms with Crippen molar-refractivity contribution in [2.45, 2.75) is 38.3 Å². The Bertz CT molecular complexity index is 474. The summed E-state index contributed by atoms with van der Waals surface area (Å²) >= 11 is 0. The van der Waals surface area contributed by atoms with Crippen LogP contribution in [0.1, 0.15) is 36.2 Å². The molecule has 1 saturated carbocycles. The highest BCUT2D eigenvalue weighted by Gasteiger charge is 2.29. The summed E-state index contributed by atoms with van der Waals surface area (Å²) < 4.78 is 1.63. The second kappa shape index (κ2) is 6.53. The minimum absolute atomic E-state index is 0.00987. The van der Waals surface area contributed by atoms with Crippen LogP contribution in [0.3, 0.4) is 0 Å². The van der Waals surface area contributed by atoms with Crippen LogP contribution in [-0.4, -0.2) is 69.5 Å². The first-order valence-corrected chi connectivity index (χ1v) is 7.91. The van der Waals surface area contributed by atoms with Crippen molar-refractivity contribution in [3.8, 4) is 0 Å². The highest BCUT2D eigenvalue weighted by atomic mass is 16.2. The molecule has 2 aliphatic rings. The van der Waals surface area contributed by atoms with Gasteiger partial charge in [-0.15, -0.1) is 5.10 Å². The molecule has 0 spiro atoms. The lowest BCUT2D eigenvalue weighted by molar-refractivity contribution is 0.0568. The van der Waals surface area contributed by atoms with E-state index in [1.807, 2.05) is 4.90 Å². The summed E-state index contributed by atoms with van der Waals surface area (Å²) in [4.78, 5) is 16.8. The van der Waals surface area contributed by atoms with Crippen molar-refractivity contribution in [3.05, 3.63) is 11.9 Å². The van der Waals surface area contributed by atoms with Gasteiger partial charge in [0.1, 0.15) is 0 Å². The zero-order valence-electron chi connectivity index (χ0n) is 12.4. The first-order chi connectivity index (χ1) is 10.3. The molecule has 1 amide bonds. The maximum Gasteiger partial charge on any atom is 0.276 e. The van der Waals surface area contributed by atoms with Crippen LogP contribution < -0.4 is 5.73 Å². The van der Waals surface area contributed by atoms with E-state index in [2.05, 4.69) is 15.2 Å². The normalized spacial score (nSPS) is 21.1. The van der Waals surface area contributed by atoms with E-state index in [-0.39, 0.29) is 5.91 Å². The van der Waals surface area contributed by atoms with Crippen LogP contribution in [0.2, 0.25) is 0 Å². The molecule has 2 fully saturated rings. The Hall–Kier alpha value is -1.47. The zero-order chi connectivity index (χ0) is 14.7. The Morgan fingerprint density at radius 1 is 1.24 bits per heavy atom. The summed E-state index contributed by atoms with van der Waals surface area (Å²) in [6, 6.07) is 0.743. The number of nitrogens with zero attached hydrogens (tertiary/aromatic N) is 5. The van der Waals surface area contributed by atoms with Gasteiger partial charge in [-0.3, -0.25) is 14.4 Å². The fraction of sp³-hybridized carbons (Fsp3) is 0.786. The summed E-state index contributed by atoms with van der Waals surface area (Å²) in [5.74, 6) is -0.00987. The third-order valence-electron chi connectivity index (χ3n) is 4.56. The van der Waals surface area contributed by atoms with Gasteiger partial charge in [-0.05, 0) is 12.8 Å². The van der Waals surface area contributed by atoms with Gasteiger partial charge in [-0.1, -0.05) is 18.1 Å². The summed E-state index contributed by atoms with van der Waals surface area (Å²) in [6.07, 6.45) is 7.05. The zero-order valence-corrected chi connectivity index (χ0v) is 12.4. The Morgan fingerprint density at radius 3 is 2.62 bits per heavy atom. The largest absolute Gasteiger partial charge is 0.335 e. The number of piperazine rings is 1. The van der Waals surface area contributed by atoms with Crippen LogP contribution >= 0.6 is 0 Å². The molecule has 116 valence electrons. The molecule has 3 rings (SSSR count). The van der Waals surface area contributed by atoms with Gasteiger partial charge in [0, 0.05) is 38.8 Å². The summed E-state index contributed by atoms with van der Waals surface area (Å²) in [5.41, 5.74) is 5.90. The second-order valence-electron chi connectivity index (χ2n) is 5.92. The van der Waals surface area contributed by atoms with Crippen LogP contribution in [-0.2, 0) is 6.54 Å². The minimum atomic E-state index is -0.00987. The number of carbonyl (C=O) groups is 1. The molecule has 0 bridgehead atoms. The highest BCUT2D eigenvalue weighted by Crippen LogP contribution is 2.24. The number of amides is 1. The molecule has 7 nitrogen and oxygen atoms in total. The molecule has 2 heterocycles. The Kier molecular flexibility index (Phi) is 4.50. The molecule has 1 saturated heterocycles. The van der Waals surface area contributed by atoms with E-state index in [4.69, 9.17) is 5.73 Å². The average Bonchev–Trinajstić information content (AvgIpc) is 3.19. The van der Waals surface area contributed by atoms with Gasteiger partial charge in [0.2, 0.25) is 0 Å². The maximum absolute atomic E-state index is 12.4. The van der Waals surface area contributed by atoms with Crippen LogP contribution in [0.5, 0.6) is 0 Å². The van der Waals surface area contributed by atoms with E-state index in [0.717, 1.165) is 32.2 Å². The van der Waals surface area contributed by atoms with Gasteiger partial charge in [-0.2, -0.15) is 0 Å². The molecule has 2 N–H and O–H groups in total. The smallest absolute Gasteiger partial charge is 0.276 e. The second-order valence-corrected chi connectivity index (χ2v) is 5.92. The molecule has 1 aliphatic heterocycles. The summed E-state index contributed by atoms with van der Waals surface area (Å²) in [5, 5.41) is 7.89. The first-order valence-electron chi connectivity index (χ1n) is 7.91. The molecule has 0 atom stereocenters. The first kappa shape index (κ1) is 14.5. The van der Waals surface area contributed by atoms with E-state index >= 15 is 0 Å². The van der Waals surface area contributed by atoms with Gasteiger partial charge in [0.25, 0.3) is 5.91 Å². The van der Waals surface area contributed by atoms with Crippen LogP contribution in [0.25, 0.3) is 0 Å². The Balaban J connectivity index is 1.54. The molecule has 1 aromatic rings. The van der Waals surface area contributed by atoms with Crippen LogP contribution in [0.4, 0.5) is 0 Å². The van der Waals surface area contributed by atoms with Gasteiger partial charge in [0.15, 0.2) is 5.69 Å². The third kappa shape index (κ3) is 3.24. The Morgan fingerprint density at radius 2 is 1.95 bits per heavy atom. The average molecular weight is 292 g/mol. The van der Waals surface area contributed by atoms with Crippen molar-refractivity contribution < 1.29 is 4.79 Å². The number of nitrogens with two attached hydrogens (primary N) is 1. The summed E-state index contributed by atoms with van der Waals surface area (Å²) in [7, 11) is 0. The van der Waals surface area contributed by atoms with E-state index in [9.17, 15) is 4.79 Å². The molecule has 7 heteroatoms. The predicted octanol–water partition coefficient (Wildman–Crippen LogP) is -0.0628. The molecule has 1 aliphatic carbocycles. The number of hydrogen-bond donors (Lipinski definition) is 1. The molecular weight excluding hydrogens is 268 g/mol. The van der Waals surface area contributed by atoms with Gasteiger partial charge in [-0.25, -0.2) is 0 Å². The Labute approximate surface area is 125 Å². The minimum Gasteiger partial charge on any atom is -0.335 e. The van der Waals surface area contributed by atoms with Crippen molar-refractivity contribution in [2.75, 3.05) is 32.7 Å². The maximum atomic E-state index is 12.4. The van der Waals surface area contributed by atoms with Gasteiger partial charge >= 0.3 is 0 Å². The van der Waals surface area contributed by atoms with Crippen molar-refractivity contribution >= 4 is 5.91 Å². The fourth-order valence-electron chi connectivity index (χ4n) is 3.36. The van der Waals surface area contributed by atoms with Gasteiger partial charge < -0.3 is 10.6 Å². The van der Waals surface area contributed by atoms with Crippen molar-refractivity contribution in [2.24, 2.45) is 5.73 Å². The van der Waals surface area contributed by atoms with E-state index < -0.39 is 0 Å². The van der Waals surface area contributed by atoms with Crippen molar-refractivity contribution in [3.63, 3.8) is 0 Å². The lowest BCUT2D eigenvalue weighted by Gasteiger charge is -2.37. The molecule has 21 heavy (non-hydrogen) atoms. The fourth-order valence-corrected chi connectivity index (χ4v) is 3.36.